The molecule has 0 bridgehead atoms. The zero-order valence-electron chi connectivity index (χ0n) is 20.1. The summed E-state index contributed by atoms with van der Waals surface area (Å²) < 4.78 is 6.22. The number of hydrogen-bond acceptors (Lipinski definition) is 6. The number of anilines is 1. The minimum atomic E-state index is -1.07. The highest BCUT2D eigenvalue weighted by Gasteiger charge is 2.62. The van der Waals surface area contributed by atoms with Crippen LogP contribution in [0.4, 0.5) is 5.69 Å². The van der Waals surface area contributed by atoms with E-state index in [1.807, 2.05) is 53.4 Å². The fourth-order valence-corrected chi connectivity index (χ4v) is 5.37. The number of aromatic nitrogens is 3. The topological polar surface area (TPSA) is 97.6 Å². The summed E-state index contributed by atoms with van der Waals surface area (Å²) in [6.07, 6.45) is 1.57. The van der Waals surface area contributed by atoms with Crippen molar-refractivity contribution in [3.05, 3.63) is 71.5 Å². The summed E-state index contributed by atoms with van der Waals surface area (Å²) in [6, 6.07) is 14.9. The zero-order chi connectivity index (χ0) is 24.9. The highest BCUT2D eigenvalue weighted by molar-refractivity contribution is 6.12. The van der Waals surface area contributed by atoms with Crippen LogP contribution in [0.5, 0.6) is 0 Å². The van der Waals surface area contributed by atoms with Crippen LogP contribution >= 0.6 is 0 Å². The minimum Gasteiger partial charge on any atom is -0.464 e. The molecule has 2 aliphatic heterocycles. The summed E-state index contributed by atoms with van der Waals surface area (Å²) in [6.45, 7) is 4.68. The smallest absolute Gasteiger partial charge is 0.360 e. The molecular formula is C26H27N5O4. The lowest BCUT2D eigenvalue weighted by Gasteiger charge is -2.33. The van der Waals surface area contributed by atoms with E-state index in [0.717, 1.165) is 16.8 Å². The molecule has 0 aliphatic carbocycles. The normalized spacial score (nSPS) is 21.3. The molecule has 2 atom stereocenters. The van der Waals surface area contributed by atoms with E-state index in [1.165, 1.54) is 18.0 Å². The second-order valence-electron chi connectivity index (χ2n) is 9.52. The van der Waals surface area contributed by atoms with Crippen LogP contribution in [0, 0.1) is 5.92 Å². The molecule has 0 N–H and O–H groups in total. The van der Waals surface area contributed by atoms with Gasteiger partial charge in [-0.1, -0.05) is 49.4 Å². The highest BCUT2D eigenvalue weighted by atomic mass is 16.5. The molecule has 3 heterocycles. The van der Waals surface area contributed by atoms with Crippen molar-refractivity contribution in [3.8, 4) is 5.69 Å². The summed E-state index contributed by atoms with van der Waals surface area (Å²) in [7, 11) is 3.05. The fourth-order valence-electron chi connectivity index (χ4n) is 5.37. The lowest BCUT2D eigenvalue weighted by molar-refractivity contribution is -0.128. The summed E-state index contributed by atoms with van der Waals surface area (Å²) in [5.74, 6) is -0.494. The third kappa shape index (κ3) is 3.41. The molecule has 2 aliphatic rings. The van der Waals surface area contributed by atoms with Crippen molar-refractivity contribution in [2.24, 2.45) is 5.92 Å². The van der Waals surface area contributed by atoms with Crippen molar-refractivity contribution in [1.82, 2.24) is 19.9 Å². The third-order valence-corrected chi connectivity index (χ3v) is 6.87. The predicted octanol–water partition coefficient (Wildman–Crippen LogP) is 2.90. The molecule has 9 heteroatoms. The van der Waals surface area contributed by atoms with Crippen LogP contribution in [0.3, 0.4) is 0 Å². The maximum absolute atomic E-state index is 14.2. The number of benzene rings is 2. The first kappa shape index (κ1) is 22.8. The Morgan fingerprint density at radius 2 is 1.91 bits per heavy atom. The SMILES string of the molecule is COC(=O)c1cn(-c2ccc3c(c2)[C@@]2(CC(=O)N(C)C2c2ccccc2)C(=O)N3CC(C)C)nn1. The Kier molecular flexibility index (Phi) is 5.42. The van der Waals surface area contributed by atoms with Crippen LogP contribution < -0.4 is 4.90 Å². The van der Waals surface area contributed by atoms with E-state index < -0.39 is 17.4 Å². The number of amides is 2. The molecule has 1 fully saturated rings. The lowest BCUT2D eigenvalue weighted by Crippen LogP contribution is -2.45. The van der Waals surface area contributed by atoms with E-state index in [4.69, 9.17) is 4.74 Å². The fraction of sp³-hybridized carbons (Fsp3) is 0.346. The maximum Gasteiger partial charge on any atom is 0.360 e. The number of hydrogen-bond donors (Lipinski definition) is 0. The van der Waals surface area contributed by atoms with E-state index in [0.29, 0.717) is 12.2 Å². The second kappa shape index (κ2) is 8.33. The average Bonchev–Trinajstić information content (AvgIpc) is 3.51. The summed E-state index contributed by atoms with van der Waals surface area (Å²) >= 11 is 0. The molecule has 2 amide bonds. The predicted molar refractivity (Wildman–Crippen MR) is 128 cm³/mol. The quantitative estimate of drug-likeness (QED) is 0.529. The van der Waals surface area contributed by atoms with Gasteiger partial charge in [-0.3, -0.25) is 9.59 Å². The van der Waals surface area contributed by atoms with Gasteiger partial charge in [0, 0.05) is 25.7 Å². The number of ether oxygens (including phenoxy) is 1. The first-order valence-corrected chi connectivity index (χ1v) is 11.6. The van der Waals surface area contributed by atoms with Gasteiger partial charge >= 0.3 is 5.97 Å². The average molecular weight is 474 g/mol. The van der Waals surface area contributed by atoms with E-state index in [1.54, 1.807) is 11.9 Å². The van der Waals surface area contributed by atoms with Gasteiger partial charge in [-0.25, -0.2) is 9.48 Å². The van der Waals surface area contributed by atoms with Crippen LogP contribution in [-0.2, 0) is 19.7 Å². The number of esters is 1. The van der Waals surface area contributed by atoms with Gasteiger partial charge in [-0.15, -0.1) is 5.10 Å². The molecule has 0 radical (unpaired) electrons. The number of rotatable bonds is 5. The Labute approximate surface area is 203 Å². The molecule has 5 rings (SSSR count). The number of nitrogens with zero attached hydrogens (tertiary/aromatic N) is 5. The molecule has 1 unspecified atom stereocenters. The van der Waals surface area contributed by atoms with Gasteiger partial charge < -0.3 is 14.5 Å². The molecule has 0 saturated carbocycles. The van der Waals surface area contributed by atoms with Gasteiger partial charge in [0.2, 0.25) is 11.8 Å². The molecule has 1 spiro atoms. The Morgan fingerprint density at radius 3 is 2.60 bits per heavy atom. The zero-order valence-corrected chi connectivity index (χ0v) is 20.1. The molecule has 35 heavy (non-hydrogen) atoms. The van der Waals surface area contributed by atoms with Gasteiger partial charge in [-0.2, -0.15) is 0 Å². The summed E-state index contributed by atoms with van der Waals surface area (Å²) in [4.78, 5) is 42.8. The van der Waals surface area contributed by atoms with Crippen LogP contribution in [-0.4, -0.2) is 58.4 Å². The molecule has 9 nitrogen and oxygen atoms in total. The number of carbonyl (C=O) groups excluding carboxylic acids is 3. The highest BCUT2D eigenvalue weighted by Crippen LogP contribution is 2.57. The van der Waals surface area contributed by atoms with Crippen LogP contribution in [0.1, 0.15) is 47.9 Å². The first-order chi connectivity index (χ1) is 16.8. The molecule has 3 aromatic rings. The number of methoxy groups -OCH3 is 1. The Bertz CT molecular complexity index is 1320. The maximum atomic E-state index is 14.2. The van der Waals surface area contributed by atoms with Crippen molar-refractivity contribution < 1.29 is 19.1 Å². The number of carbonyl (C=O) groups is 3. The Balaban J connectivity index is 1.71. The number of likely N-dealkylation sites (tertiary alicyclic amines) is 1. The molecule has 180 valence electrons. The van der Waals surface area contributed by atoms with Gasteiger partial charge in [0.1, 0.15) is 5.41 Å². The molecule has 2 aromatic carbocycles. The van der Waals surface area contributed by atoms with Crippen molar-refractivity contribution in [2.75, 3.05) is 25.6 Å². The van der Waals surface area contributed by atoms with Crippen LogP contribution in [0.25, 0.3) is 5.69 Å². The minimum absolute atomic E-state index is 0.0706. The summed E-state index contributed by atoms with van der Waals surface area (Å²) in [5.41, 5.74) is 2.13. The molecule has 1 saturated heterocycles. The summed E-state index contributed by atoms with van der Waals surface area (Å²) in [5, 5.41) is 7.98. The van der Waals surface area contributed by atoms with Gasteiger partial charge in [0.25, 0.3) is 0 Å². The third-order valence-electron chi connectivity index (χ3n) is 6.87. The molecular weight excluding hydrogens is 446 g/mol. The Morgan fingerprint density at radius 1 is 1.17 bits per heavy atom. The monoisotopic (exact) mass is 473 g/mol. The van der Waals surface area contributed by atoms with E-state index in [9.17, 15) is 14.4 Å². The van der Waals surface area contributed by atoms with E-state index in [2.05, 4.69) is 24.2 Å². The van der Waals surface area contributed by atoms with Crippen molar-refractivity contribution >= 4 is 23.5 Å². The van der Waals surface area contributed by atoms with Crippen molar-refractivity contribution in [1.29, 1.82) is 0 Å². The van der Waals surface area contributed by atoms with Crippen molar-refractivity contribution in [3.63, 3.8) is 0 Å². The standard InChI is InChI=1S/C26H27N5O4/c1-16(2)14-30-21-11-10-18(31-15-20(27-28-31)24(33)35-4)12-19(21)26(25(30)34)13-22(32)29(3)23(26)17-8-6-5-7-9-17/h5-12,15-16,23H,13-14H2,1-4H3/t23?,26-/m1/s1. The first-order valence-electron chi connectivity index (χ1n) is 11.6. The Hall–Kier alpha value is -4.01. The second-order valence-corrected chi connectivity index (χ2v) is 9.52. The van der Waals surface area contributed by atoms with Crippen LogP contribution in [0.2, 0.25) is 0 Å². The molecule has 1 aromatic heterocycles. The lowest BCUT2D eigenvalue weighted by atomic mass is 9.72. The number of fused-ring (bicyclic) bond motifs is 2. The van der Waals surface area contributed by atoms with Crippen LogP contribution in [0.15, 0.2) is 54.7 Å². The van der Waals surface area contributed by atoms with Gasteiger partial charge in [0.15, 0.2) is 5.69 Å². The van der Waals surface area contributed by atoms with Gasteiger partial charge in [-0.05, 0) is 35.2 Å². The largest absolute Gasteiger partial charge is 0.464 e. The number of likely N-dealkylation sites (N-methyl/N-ethyl adjacent to an activating group) is 1. The van der Waals surface area contributed by atoms with Crippen molar-refractivity contribution in [2.45, 2.75) is 31.7 Å². The van der Waals surface area contributed by atoms with Gasteiger partial charge in [0.05, 0.1) is 25.0 Å². The van der Waals surface area contributed by atoms with E-state index in [-0.39, 0.29) is 29.8 Å². The van der Waals surface area contributed by atoms with E-state index >= 15 is 0 Å².